The van der Waals surface area contributed by atoms with Gasteiger partial charge in [-0.3, -0.25) is 0 Å². The number of benzene rings is 2. The van der Waals surface area contributed by atoms with Gasteiger partial charge in [-0.15, -0.1) is 0 Å². The van der Waals surface area contributed by atoms with Gasteiger partial charge in [0.2, 0.25) is 0 Å². The van der Waals surface area contributed by atoms with Gasteiger partial charge in [0.1, 0.15) is 11.5 Å². The third kappa shape index (κ3) is 4.79. The van der Waals surface area contributed by atoms with Crippen LogP contribution in [0.3, 0.4) is 0 Å². The maximum atomic E-state index is 11.4. The molecule has 0 aliphatic carbocycles. The van der Waals surface area contributed by atoms with E-state index in [1.54, 1.807) is 26.2 Å². The molecule has 0 aromatic heterocycles. The number of ether oxygens (including phenoxy) is 2. The molecule has 5 heteroatoms. The van der Waals surface area contributed by atoms with Gasteiger partial charge >= 0.3 is 5.97 Å². The van der Waals surface area contributed by atoms with Gasteiger partial charge in [-0.25, -0.2) is 4.79 Å². The van der Waals surface area contributed by atoms with E-state index in [4.69, 9.17) is 13.7 Å². The number of carbonyl (C=O) groups is 1. The molecule has 2 aromatic carbocycles. The first-order chi connectivity index (χ1) is 10.6. The van der Waals surface area contributed by atoms with Crippen LogP contribution in [0.25, 0.3) is 11.1 Å². The lowest BCUT2D eigenvalue weighted by Crippen LogP contribution is -2.07. The maximum absolute atomic E-state index is 11.4. The summed E-state index contributed by atoms with van der Waals surface area (Å²) in [7, 11) is 1.64. The van der Waals surface area contributed by atoms with Crippen LogP contribution in [-0.4, -0.2) is 17.3 Å². The first-order valence-corrected chi connectivity index (χ1v) is 6.72. The lowest BCUT2D eigenvalue weighted by molar-refractivity contribution is -0.130. The third-order valence-corrected chi connectivity index (χ3v) is 2.84. The Kier molecular flexibility index (Phi) is 6.92. The van der Waals surface area contributed by atoms with Crippen molar-refractivity contribution in [1.29, 1.82) is 0 Å². The lowest BCUT2D eigenvalue weighted by Gasteiger charge is -2.06. The van der Waals surface area contributed by atoms with Gasteiger partial charge in [0, 0.05) is 5.57 Å². The van der Waals surface area contributed by atoms with E-state index in [0.29, 0.717) is 11.3 Å². The minimum atomic E-state index is -0.415. The van der Waals surface area contributed by atoms with Crippen LogP contribution in [0.2, 0.25) is 0 Å². The van der Waals surface area contributed by atoms with E-state index in [-0.39, 0.29) is 0 Å². The van der Waals surface area contributed by atoms with Crippen molar-refractivity contribution in [3.8, 4) is 22.6 Å². The van der Waals surface area contributed by atoms with Crippen molar-refractivity contribution in [2.45, 2.75) is 6.92 Å². The van der Waals surface area contributed by atoms with Crippen LogP contribution in [-0.2, 0) is 17.3 Å². The molecule has 0 fully saturated rings. The van der Waals surface area contributed by atoms with Crippen LogP contribution in [0.4, 0.5) is 0 Å². The summed E-state index contributed by atoms with van der Waals surface area (Å²) in [5, 5.41) is 0. The summed E-state index contributed by atoms with van der Waals surface area (Å²) in [5.74, 6) is 0.915. The predicted octanol–water partition coefficient (Wildman–Crippen LogP) is 3.51. The number of hydrogen-bond acceptors (Lipinski definition) is 5. The second-order valence-corrected chi connectivity index (χ2v) is 4.42. The van der Waals surface area contributed by atoms with Gasteiger partial charge in [-0.2, -0.15) is 4.21 Å². The molecule has 0 unspecified atom stereocenters. The fourth-order valence-electron chi connectivity index (χ4n) is 1.69. The zero-order valence-electron chi connectivity index (χ0n) is 12.4. The molecule has 22 heavy (non-hydrogen) atoms. The Balaban J connectivity index is 0.00000116. The molecule has 0 saturated carbocycles. The normalized spacial score (nSPS) is 9.18. The molecule has 0 spiro atoms. The van der Waals surface area contributed by atoms with Crippen molar-refractivity contribution >= 4 is 18.5 Å². The van der Waals surface area contributed by atoms with E-state index in [1.165, 1.54) is 0 Å². The zero-order valence-corrected chi connectivity index (χ0v) is 13.2. The van der Waals surface area contributed by atoms with Crippen molar-refractivity contribution in [3.63, 3.8) is 0 Å². The molecular formula is C17H16O4S. The third-order valence-electron chi connectivity index (χ3n) is 2.84. The van der Waals surface area contributed by atoms with Crippen LogP contribution < -0.4 is 9.47 Å². The molecule has 0 aliphatic heterocycles. The summed E-state index contributed by atoms with van der Waals surface area (Å²) in [6.07, 6.45) is 0. The Morgan fingerprint density at radius 1 is 0.909 bits per heavy atom. The molecule has 0 N–H and O–H groups in total. The standard InChI is InChI=1S/C17H16O3.OS/c1-12(2)17(18)20-16-10-6-14(7-11-16)13-4-8-15(19-3)9-5-13;1-2/h4-11H,1H2,2-3H3;. The summed E-state index contributed by atoms with van der Waals surface area (Å²) in [4.78, 5) is 11.4. The van der Waals surface area contributed by atoms with Crippen LogP contribution in [0.5, 0.6) is 11.5 Å². The predicted molar refractivity (Wildman–Crippen MR) is 87.0 cm³/mol. The van der Waals surface area contributed by atoms with E-state index in [9.17, 15) is 4.79 Å². The summed E-state index contributed by atoms with van der Waals surface area (Å²) < 4.78 is 18.1. The molecule has 2 rings (SSSR count). The highest BCUT2D eigenvalue weighted by atomic mass is 32.1. The topological polar surface area (TPSA) is 52.6 Å². The Hall–Kier alpha value is -2.53. The SMILES string of the molecule is C=C(C)C(=O)Oc1ccc(-c2ccc(OC)cc2)cc1.O=S. The molecular weight excluding hydrogens is 300 g/mol. The Labute approximate surface area is 134 Å². The van der Waals surface area contributed by atoms with E-state index < -0.39 is 5.97 Å². The van der Waals surface area contributed by atoms with Crippen molar-refractivity contribution < 1.29 is 18.5 Å². The highest BCUT2D eigenvalue weighted by Gasteiger charge is 2.05. The van der Waals surface area contributed by atoms with Gasteiger partial charge in [0.25, 0.3) is 0 Å². The largest absolute Gasteiger partial charge is 0.497 e. The average Bonchev–Trinajstić information content (AvgIpc) is 2.57. The molecule has 4 nitrogen and oxygen atoms in total. The number of carbonyl (C=O) groups excluding carboxylic acids is 1. The number of methoxy groups -OCH3 is 1. The van der Waals surface area contributed by atoms with Crippen molar-refractivity contribution in [3.05, 3.63) is 60.7 Å². The fourth-order valence-corrected chi connectivity index (χ4v) is 1.69. The van der Waals surface area contributed by atoms with Crippen LogP contribution in [0.1, 0.15) is 6.92 Å². The van der Waals surface area contributed by atoms with Gasteiger partial charge in [0.05, 0.1) is 7.11 Å². The second-order valence-electron chi connectivity index (χ2n) is 4.42. The second kappa shape index (κ2) is 8.69. The molecule has 0 saturated heterocycles. The molecule has 0 radical (unpaired) electrons. The van der Waals surface area contributed by atoms with Gasteiger partial charge < -0.3 is 9.47 Å². The lowest BCUT2D eigenvalue weighted by atomic mass is 10.1. The number of esters is 1. The monoisotopic (exact) mass is 316 g/mol. The van der Waals surface area contributed by atoms with E-state index in [1.807, 2.05) is 36.4 Å². The molecule has 114 valence electrons. The first-order valence-electron chi connectivity index (χ1n) is 6.39. The maximum Gasteiger partial charge on any atom is 0.338 e. The van der Waals surface area contributed by atoms with Gasteiger partial charge in [-0.1, -0.05) is 30.8 Å². The molecule has 0 amide bonds. The Bertz CT molecular complexity index is 633. The minimum Gasteiger partial charge on any atom is -0.497 e. The van der Waals surface area contributed by atoms with E-state index in [0.717, 1.165) is 16.9 Å². The van der Waals surface area contributed by atoms with Crippen LogP contribution >= 0.6 is 0 Å². The number of hydrogen-bond donors (Lipinski definition) is 0. The molecule has 0 heterocycles. The van der Waals surface area contributed by atoms with Crippen molar-refractivity contribution in [2.75, 3.05) is 7.11 Å². The molecule has 0 atom stereocenters. The molecule has 0 bridgehead atoms. The molecule has 2 aromatic rings. The fraction of sp³-hybridized carbons (Fsp3) is 0.118. The Morgan fingerprint density at radius 2 is 1.32 bits per heavy atom. The summed E-state index contributed by atoms with van der Waals surface area (Å²) in [5.41, 5.74) is 2.50. The highest BCUT2D eigenvalue weighted by Crippen LogP contribution is 2.24. The summed E-state index contributed by atoms with van der Waals surface area (Å²) >= 11 is 2.83. The Morgan fingerprint density at radius 3 is 1.68 bits per heavy atom. The van der Waals surface area contributed by atoms with E-state index in [2.05, 4.69) is 19.1 Å². The van der Waals surface area contributed by atoms with Crippen molar-refractivity contribution in [1.82, 2.24) is 0 Å². The zero-order chi connectivity index (χ0) is 16.5. The quantitative estimate of drug-likeness (QED) is 0.491. The number of rotatable bonds is 4. The van der Waals surface area contributed by atoms with Gasteiger partial charge in [0.15, 0.2) is 12.5 Å². The summed E-state index contributed by atoms with van der Waals surface area (Å²) in [6.45, 7) is 5.17. The van der Waals surface area contributed by atoms with Gasteiger partial charge in [-0.05, 0) is 42.3 Å². The highest BCUT2D eigenvalue weighted by molar-refractivity contribution is 7.44. The van der Waals surface area contributed by atoms with Crippen molar-refractivity contribution in [2.24, 2.45) is 0 Å². The van der Waals surface area contributed by atoms with E-state index >= 15 is 0 Å². The first kappa shape index (κ1) is 17.5. The smallest absolute Gasteiger partial charge is 0.338 e. The minimum absolute atomic E-state index is 0.379. The molecule has 0 aliphatic rings. The van der Waals surface area contributed by atoms with Crippen LogP contribution in [0, 0.1) is 0 Å². The average molecular weight is 316 g/mol. The summed E-state index contributed by atoms with van der Waals surface area (Å²) in [6, 6.07) is 15.1. The van der Waals surface area contributed by atoms with Crippen LogP contribution in [0.15, 0.2) is 60.7 Å².